The van der Waals surface area contributed by atoms with E-state index in [1.54, 1.807) is 17.0 Å². The molecule has 41 heavy (non-hydrogen) atoms. The van der Waals surface area contributed by atoms with Crippen molar-refractivity contribution in [1.29, 1.82) is 5.26 Å². The maximum atomic E-state index is 15.4. The molecule has 1 heterocycles. The number of benzene rings is 3. The molecule has 1 atom stereocenters. The number of ketones is 1. The minimum atomic E-state index is -0.670. The van der Waals surface area contributed by atoms with Gasteiger partial charge in [-0.25, -0.2) is 4.39 Å². The Morgan fingerprint density at radius 2 is 1.83 bits per heavy atom. The lowest BCUT2D eigenvalue weighted by molar-refractivity contribution is -0.118. The predicted molar refractivity (Wildman–Crippen MR) is 166 cm³/mol. The van der Waals surface area contributed by atoms with Gasteiger partial charge in [-0.3, -0.25) is 9.69 Å². The van der Waals surface area contributed by atoms with Crippen LogP contribution < -0.4 is 15.4 Å². The fourth-order valence-corrected chi connectivity index (χ4v) is 6.59. The summed E-state index contributed by atoms with van der Waals surface area (Å²) in [5.74, 6) is -0.380. The highest BCUT2D eigenvalue weighted by atomic mass is 79.9. The maximum Gasteiger partial charge on any atom is 0.162 e. The minimum absolute atomic E-state index is 0.0602. The van der Waals surface area contributed by atoms with Crippen molar-refractivity contribution in [2.45, 2.75) is 53.1 Å². The first kappa shape index (κ1) is 29.1. The highest BCUT2D eigenvalue weighted by molar-refractivity contribution is 9.10. The number of hydrogen-bond donors (Lipinski definition) is 1. The van der Waals surface area contributed by atoms with Crippen LogP contribution in [0.5, 0.6) is 5.75 Å². The lowest BCUT2D eigenvalue weighted by atomic mass is 9.68. The van der Waals surface area contributed by atoms with Crippen molar-refractivity contribution in [3.05, 3.63) is 114 Å². The Bertz CT molecular complexity index is 1690. The van der Waals surface area contributed by atoms with Gasteiger partial charge in [-0.1, -0.05) is 54.0 Å². The molecular weight excluding hydrogens is 649 g/mol. The number of nitriles is 1. The van der Waals surface area contributed by atoms with E-state index in [4.69, 9.17) is 10.5 Å². The Morgan fingerprint density at radius 1 is 1.10 bits per heavy atom. The third-order valence-corrected chi connectivity index (χ3v) is 8.94. The van der Waals surface area contributed by atoms with E-state index in [2.05, 4.69) is 44.0 Å². The number of rotatable bonds is 5. The molecule has 5 nitrogen and oxygen atoms in total. The van der Waals surface area contributed by atoms with E-state index in [9.17, 15) is 10.1 Å². The first-order valence-corrected chi connectivity index (χ1v) is 14.9. The second-order valence-corrected chi connectivity index (χ2v) is 13.2. The van der Waals surface area contributed by atoms with Crippen molar-refractivity contribution >= 4 is 43.3 Å². The lowest BCUT2D eigenvalue weighted by Gasteiger charge is -2.44. The van der Waals surface area contributed by atoms with Gasteiger partial charge in [0.15, 0.2) is 5.78 Å². The fraction of sp³-hybridized carbons (Fsp3) is 0.273. The number of ether oxygens (including phenoxy) is 1. The van der Waals surface area contributed by atoms with Gasteiger partial charge in [0.2, 0.25) is 0 Å². The summed E-state index contributed by atoms with van der Waals surface area (Å²) in [4.78, 5) is 15.5. The fourth-order valence-electron chi connectivity index (χ4n) is 5.86. The summed E-state index contributed by atoms with van der Waals surface area (Å²) in [6.45, 7) is 8.34. The van der Waals surface area contributed by atoms with Crippen molar-refractivity contribution in [2.24, 2.45) is 11.1 Å². The number of halogens is 3. The minimum Gasteiger partial charge on any atom is -0.488 e. The molecule has 0 amide bonds. The first-order chi connectivity index (χ1) is 19.4. The summed E-state index contributed by atoms with van der Waals surface area (Å²) >= 11 is 6.85. The van der Waals surface area contributed by atoms with Crippen molar-refractivity contribution < 1.29 is 13.9 Å². The molecule has 0 bridgehead atoms. The SMILES string of the molecule is Cc1cc(C)c(C2C(C#N)=C(N)N(c3ccc(Br)cc3F)C3=C2C(=O)CC(C)(C)C3)cc1COc1ccccc1Br. The standard InChI is InChI=1S/C33H30Br2FN3O2/c1-18-11-19(2)22(12-20(18)17-41-29-8-6-5-7-24(29)35)30-23(16-37)32(38)39(26-10-9-21(34)13-25(26)36)27-14-33(3,4)15-28(40)31(27)30/h5-13,30H,14-15,17,38H2,1-4H3. The molecule has 0 aromatic heterocycles. The molecule has 1 aliphatic heterocycles. The van der Waals surface area contributed by atoms with Crippen molar-refractivity contribution in [2.75, 3.05) is 4.90 Å². The molecule has 0 saturated carbocycles. The van der Waals surface area contributed by atoms with Crippen LogP contribution in [0.1, 0.15) is 54.9 Å². The summed E-state index contributed by atoms with van der Waals surface area (Å²) in [5, 5.41) is 10.5. The van der Waals surface area contributed by atoms with Gasteiger partial charge in [-0.2, -0.15) is 5.26 Å². The second kappa shape index (κ2) is 11.1. The summed E-state index contributed by atoms with van der Waals surface area (Å²) in [6.07, 6.45) is 0.822. The van der Waals surface area contributed by atoms with Gasteiger partial charge in [0.25, 0.3) is 0 Å². The van der Waals surface area contributed by atoms with Crippen LogP contribution >= 0.6 is 31.9 Å². The van der Waals surface area contributed by atoms with Gasteiger partial charge in [0.1, 0.15) is 24.0 Å². The van der Waals surface area contributed by atoms with Crippen LogP contribution in [0, 0.1) is 36.4 Å². The van der Waals surface area contributed by atoms with Crippen molar-refractivity contribution in [3.63, 3.8) is 0 Å². The predicted octanol–water partition coefficient (Wildman–Crippen LogP) is 8.49. The highest BCUT2D eigenvalue weighted by Gasteiger charge is 2.45. The molecule has 210 valence electrons. The number of allylic oxidation sites excluding steroid dienone is 3. The van der Waals surface area contributed by atoms with Gasteiger partial charge < -0.3 is 10.5 Å². The number of anilines is 1. The zero-order chi connectivity index (χ0) is 29.6. The highest BCUT2D eigenvalue weighted by Crippen LogP contribution is 2.51. The molecule has 5 rings (SSSR count). The number of carbonyl (C=O) groups is 1. The van der Waals surface area contributed by atoms with E-state index in [-0.39, 0.29) is 28.3 Å². The van der Waals surface area contributed by atoms with E-state index >= 15 is 4.39 Å². The Kier molecular flexibility index (Phi) is 7.88. The monoisotopic (exact) mass is 677 g/mol. The Morgan fingerprint density at radius 3 is 2.51 bits per heavy atom. The van der Waals surface area contributed by atoms with Crippen LogP contribution in [0.25, 0.3) is 0 Å². The van der Waals surface area contributed by atoms with Crippen LogP contribution in [0.2, 0.25) is 0 Å². The summed E-state index contributed by atoms with van der Waals surface area (Å²) in [5.41, 5.74) is 11.7. The molecule has 0 saturated heterocycles. The number of aryl methyl sites for hydroxylation is 2. The Hall–Kier alpha value is -3.41. The van der Waals surface area contributed by atoms with E-state index in [0.717, 1.165) is 32.5 Å². The zero-order valence-electron chi connectivity index (χ0n) is 23.3. The third-order valence-electron chi connectivity index (χ3n) is 7.79. The maximum absolute atomic E-state index is 15.4. The van der Waals surface area contributed by atoms with Crippen LogP contribution in [0.3, 0.4) is 0 Å². The molecule has 0 fully saturated rings. The topological polar surface area (TPSA) is 79.4 Å². The average molecular weight is 679 g/mol. The normalized spacial score (nSPS) is 18.3. The van der Waals surface area contributed by atoms with Crippen molar-refractivity contribution in [1.82, 2.24) is 0 Å². The third kappa shape index (κ3) is 5.45. The number of nitrogens with zero attached hydrogens (tertiary/aromatic N) is 2. The summed E-state index contributed by atoms with van der Waals surface area (Å²) < 4.78 is 22.9. The molecule has 1 unspecified atom stereocenters. The zero-order valence-corrected chi connectivity index (χ0v) is 26.5. The van der Waals surface area contributed by atoms with E-state index in [1.807, 2.05) is 58.0 Å². The van der Waals surface area contributed by atoms with Gasteiger partial charge in [-0.15, -0.1) is 0 Å². The first-order valence-electron chi connectivity index (χ1n) is 13.3. The van der Waals surface area contributed by atoms with E-state index in [0.29, 0.717) is 35.2 Å². The quantitative estimate of drug-likeness (QED) is 0.293. The van der Waals surface area contributed by atoms with Crippen LogP contribution in [-0.2, 0) is 11.4 Å². The summed E-state index contributed by atoms with van der Waals surface area (Å²) in [6, 6.07) is 18.7. The lowest BCUT2D eigenvalue weighted by Crippen LogP contribution is -2.42. The summed E-state index contributed by atoms with van der Waals surface area (Å²) in [7, 11) is 0. The molecule has 2 N–H and O–H groups in total. The van der Waals surface area contributed by atoms with E-state index < -0.39 is 11.7 Å². The number of carbonyl (C=O) groups excluding carboxylic acids is 1. The molecule has 0 radical (unpaired) electrons. The Balaban J connectivity index is 1.68. The smallest absolute Gasteiger partial charge is 0.162 e. The van der Waals surface area contributed by atoms with Gasteiger partial charge >= 0.3 is 0 Å². The van der Waals surface area contributed by atoms with Gasteiger partial charge in [0, 0.05) is 22.2 Å². The molecule has 2 aliphatic rings. The Labute approximate surface area is 256 Å². The number of Topliss-reactive ketones (excluding diaryl/α,β-unsaturated/α-hetero) is 1. The molecule has 3 aromatic rings. The van der Waals surface area contributed by atoms with Gasteiger partial charge in [-0.05, 0) is 94.2 Å². The second-order valence-electron chi connectivity index (χ2n) is 11.4. The number of hydrogen-bond acceptors (Lipinski definition) is 5. The molecule has 8 heteroatoms. The van der Waals surface area contributed by atoms with Crippen LogP contribution in [0.15, 0.2) is 86.2 Å². The average Bonchev–Trinajstić information content (AvgIpc) is 2.89. The molecular formula is C33H30Br2FN3O2. The van der Waals surface area contributed by atoms with Gasteiger partial charge in [0.05, 0.1) is 27.7 Å². The molecule has 1 aliphatic carbocycles. The van der Waals surface area contributed by atoms with Crippen molar-refractivity contribution in [3.8, 4) is 11.8 Å². The van der Waals surface area contributed by atoms with Crippen LogP contribution in [-0.4, -0.2) is 5.78 Å². The molecule has 0 spiro atoms. The molecule has 3 aromatic carbocycles. The number of para-hydroxylation sites is 1. The largest absolute Gasteiger partial charge is 0.488 e. The van der Waals surface area contributed by atoms with E-state index in [1.165, 1.54) is 6.07 Å². The number of nitrogens with two attached hydrogens (primary N) is 1. The van der Waals surface area contributed by atoms with Crippen LogP contribution in [0.4, 0.5) is 10.1 Å².